The molecular weight excluding hydrogens is 247 g/mol. The van der Waals surface area contributed by atoms with Gasteiger partial charge in [-0.05, 0) is 66.5 Å². The Labute approximate surface area is 120 Å². The number of rotatable bonds is 2. The summed E-state index contributed by atoms with van der Waals surface area (Å²) in [5.74, 6) is 0.505. The third kappa shape index (κ3) is 2.67. The molecule has 0 aliphatic heterocycles. The molecule has 0 aromatic heterocycles. The van der Waals surface area contributed by atoms with Crippen molar-refractivity contribution in [3.05, 3.63) is 71.6 Å². The van der Waals surface area contributed by atoms with Crippen molar-refractivity contribution in [1.29, 1.82) is 0 Å². The number of allylic oxidation sites excluding steroid dienone is 2. The van der Waals surface area contributed by atoms with E-state index in [0.29, 0.717) is 5.92 Å². The van der Waals surface area contributed by atoms with Crippen LogP contribution in [0.4, 0.5) is 4.39 Å². The summed E-state index contributed by atoms with van der Waals surface area (Å²) in [6.07, 6.45) is 7.98. The Bertz CT molecular complexity index is 623. The van der Waals surface area contributed by atoms with Gasteiger partial charge < -0.3 is 0 Å². The largest absolute Gasteiger partial charge is 0.207 e. The minimum atomic E-state index is -0.180. The molecule has 3 rings (SSSR count). The van der Waals surface area contributed by atoms with Crippen molar-refractivity contribution >= 4 is 0 Å². The van der Waals surface area contributed by atoms with Crippen LogP contribution in [-0.4, -0.2) is 0 Å². The molecule has 2 aromatic carbocycles. The van der Waals surface area contributed by atoms with Crippen LogP contribution in [0.2, 0.25) is 0 Å². The van der Waals surface area contributed by atoms with E-state index in [4.69, 9.17) is 0 Å². The van der Waals surface area contributed by atoms with Gasteiger partial charge in [0.15, 0.2) is 0 Å². The average molecular weight is 266 g/mol. The zero-order valence-corrected chi connectivity index (χ0v) is 11.8. The molecule has 0 bridgehead atoms. The lowest BCUT2D eigenvalue weighted by Gasteiger charge is -2.23. The zero-order valence-electron chi connectivity index (χ0n) is 11.8. The molecule has 20 heavy (non-hydrogen) atoms. The Morgan fingerprint density at radius 2 is 1.75 bits per heavy atom. The third-order valence-electron chi connectivity index (χ3n) is 4.12. The van der Waals surface area contributed by atoms with Crippen LogP contribution in [-0.2, 0) is 12.8 Å². The minimum absolute atomic E-state index is 0.180. The lowest BCUT2D eigenvalue weighted by atomic mass is 9.82. The van der Waals surface area contributed by atoms with E-state index >= 15 is 0 Å². The Morgan fingerprint density at radius 1 is 1.00 bits per heavy atom. The van der Waals surface area contributed by atoms with E-state index in [1.54, 1.807) is 0 Å². The first-order valence-corrected chi connectivity index (χ1v) is 7.27. The van der Waals surface area contributed by atoms with Crippen molar-refractivity contribution in [2.75, 3.05) is 0 Å². The number of hydrogen-bond donors (Lipinski definition) is 0. The summed E-state index contributed by atoms with van der Waals surface area (Å²) in [6, 6.07) is 13.4. The third-order valence-corrected chi connectivity index (χ3v) is 4.12. The Hall–Kier alpha value is -1.89. The lowest BCUT2D eigenvalue weighted by Crippen LogP contribution is -2.12. The molecule has 2 aromatic rings. The fraction of sp³-hybridized carbons (Fsp3) is 0.263. The van der Waals surface area contributed by atoms with Crippen LogP contribution in [0, 0.1) is 11.7 Å². The normalized spacial score (nSPS) is 18.2. The number of benzene rings is 2. The van der Waals surface area contributed by atoms with Crippen molar-refractivity contribution in [2.24, 2.45) is 5.92 Å². The van der Waals surface area contributed by atoms with E-state index in [-0.39, 0.29) is 5.82 Å². The summed E-state index contributed by atoms with van der Waals surface area (Å²) in [4.78, 5) is 0. The van der Waals surface area contributed by atoms with E-state index in [1.165, 1.54) is 35.2 Å². The second-order valence-corrected chi connectivity index (χ2v) is 5.52. The first-order valence-electron chi connectivity index (χ1n) is 7.27. The van der Waals surface area contributed by atoms with Crippen molar-refractivity contribution in [2.45, 2.75) is 26.2 Å². The molecule has 1 aliphatic carbocycles. The molecule has 0 saturated heterocycles. The molecule has 0 fully saturated rings. The maximum absolute atomic E-state index is 13.0. The minimum Gasteiger partial charge on any atom is -0.207 e. The molecule has 1 aliphatic rings. The van der Waals surface area contributed by atoms with Crippen molar-refractivity contribution in [1.82, 2.24) is 0 Å². The van der Waals surface area contributed by atoms with Gasteiger partial charge in [-0.3, -0.25) is 0 Å². The summed E-state index contributed by atoms with van der Waals surface area (Å²) in [5, 5.41) is 0. The molecule has 1 heteroatoms. The Kier molecular flexibility index (Phi) is 3.68. The molecule has 0 heterocycles. The molecule has 1 atom stereocenters. The Morgan fingerprint density at radius 3 is 2.50 bits per heavy atom. The standard InChI is InChI=1S/C19H19F/c1-2-3-14-4-5-18-13-17(7-6-16(18)12-14)15-8-10-19(20)11-9-15/h2-3,6-11,13-14H,4-5,12H2,1H3/b3-2+. The maximum atomic E-state index is 13.0. The highest BCUT2D eigenvalue weighted by Gasteiger charge is 2.16. The van der Waals surface area contributed by atoms with E-state index in [2.05, 4.69) is 37.3 Å². The molecule has 0 N–H and O–H groups in total. The molecule has 0 amide bonds. The van der Waals surface area contributed by atoms with E-state index in [9.17, 15) is 4.39 Å². The fourth-order valence-corrected chi connectivity index (χ4v) is 3.04. The van der Waals surface area contributed by atoms with Crippen LogP contribution >= 0.6 is 0 Å². The average Bonchev–Trinajstić information content (AvgIpc) is 2.48. The van der Waals surface area contributed by atoms with Crippen molar-refractivity contribution < 1.29 is 4.39 Å². The summed E-state index contributed by atoms with van der Waals surface area (Å²) < 4.78 is 13.0. The number of aryl methyl sites for hydroxylation is 1. The van der Waals surface area contributed by atoms with E-state index in [1.807, 2.05) is 12.1 Å². The lowest BCUT2D eigenvalue weighted by molar-refractivity contribution is 0.553. The predicted molar refractivity (Wildman–Crippen MR) is 82.2 cm³/mol. The summed E-state index contributed by atoms with van der Waals surface area (Å²) in [5.41, 5.74) is 5.19. The van der Waals surface area contributed by atoms with Crippen LogP contribution in [0.3, 0.4) is 0 Å². The number of fused-ring (bicyclic) bond motifs is 1. The van der Waals surface area contributed by atoms with Gasteiger partial charge in [-0.15, -0.1) is 0 Å². The summed E-state index contributed by atoms with van der Waals surface area (Å²) >= 11 is 0. The van der Waals surface area contributed by atoms with Gasteiger partial charge >= 0.3 is 0 Å². The monoisotopic (exact) mass is 266 g/mol. The number of halogens is 1. The van der Waals surface area contributed by atoms with Gasteiger partial charge in [0.25, 0.3) is 0 Å². The van der Waals surface area contributed by atoms with E-state index in [0.717, 1.165) is 18.4 Å². The summed E-state index contributed by atoms with van der Waals surface area (Å²) in [7, 11) is 0. The number of hydrogen-bond acceptors (Lipinski definition) is 0. The molecule has 0 nitrogen and oxygen atoms in total. The van der Waals surface area contributed by atoms with Crippen LogP contribution < -0.4 is 0 Å². The highest BCUT2D eigenvalue weighted by Crippen LogP contribution is 2.30. The quantitative estimate of drug-likeness (QED) is 0.657. The topological polar surface area (TPSA) is 0 Å². The molecule has 0 spiro atoms. The van der Waals surface area contributed by atoms with Crippen molar-refractivity contribution in [3.8, 4) is 11.1 Å². The first-order chi connectivity index (χ1) is 9.76. The second-order valence-electron chi connectivity index (χ2n) is 5.52. The van der Waals surface area contributed by atoms with Gasteiger partial charge in [0.05, 0.1) is 0 Å². The van der Waals surface area contributed by atoms with Gasteiger partial charge in [0.2, 0.25) is 0 Å². The maximum Gasteiger partial charge on any atom is 0.123 e. The highest BCUT2D eigenvalue weighted by atomic mass is 19.1. The van der Waals surface area contributed by atoms with Gasteiger partial charge in [0, 0.05) is 0 Å². The first kappa shape index (κ1) is 13.1. The van der Waals surface area contributed by atoms with Gasteiger partial charge in [0.1, 0.15) is 5.82 Å². The smallest absolute Gasteiger partial charge is 0.123 e. The van der Waals surface area contributed by atoms with Gasteiger partial charge in [-0.1, -0.05) is 42.5 Å². The van der Waals surface area contributed by atoms with Crippen LogP contribution in [0.1, 0.15) is 24.5 Å². The molecule has 1 unspecified atom stereocenters. The molecular formula is C19H19F. The molecule has 102 valence electrons. The van der Waals surface area contributed by atoms with E-state index < -0.39 is 0 Å². The van der Waals surface area contributed by atoms with Crippen LogP contribution in [0.25, 0.3) is 11.1 Å². The predicted octanol–water partition coefficient (Wildman–Crippen LogP) is 5.17. The summed E-state index contributed by atoms with van der Waals surface area (Å²) in [6.45, 7) is 2.09. The molecule has 0 saturated carbocycles. The van der Waals surface area contributed by atoms with Gasteiger partial charge in [-0.25, -0.2) is 4.39 Å². The fourth-order valence-electron chi connectivity index (χ4n) is 3.04. The van der Waals surface area contributed by atoms with Crippen LogP contribution in [0.15, 0.2) is 54.6 Å². The Balaban J connectivity index is 1.89. The molecule has 0 radical (unpaired) electrons. The second kappa shape index (κ2) is 5.62. The zero-order chi connectivity index (χ0) is 13.9. The van der Waals surface area contributed by atoms with Gasteiger partial charge in [-0.2, -0.15) is 0 Å². The highest BCUT2D eigenvalue weighted by molar-refractivity contribution is 5.65. The SMILES string of the molecule is C/C=C/C1CCc2cc(-c3ccc(F)cc3)ccc2C1. The van der Waals surface area contributed by atoms with Crippen LogP contribution in [0.5, 0.6) is 0 Å². The van der Waals surface area contributed by atoms with Crippen molar-refractivity contribution in [3.63, 3.8) is 0 Å².